The van der Waals surface area contributed by atoms with Gasteiger partial charge in [0.15, 0.2) is 0 Å². The summed E-state index contributed by atoms with van der Waals surface area (Å²) in [5, 5.41) is 15.1. The number of rotatable bonds is 10. The zero-order chi connectivity index (χ0) is 23.9. The fourth-order valence-electron chi connectivity index (χ4n) is 4.00. The Balaban J connectivity index is 1.45. The lowest BCUT2D eigenvalue weighted by Crippen LogP contribution is -2.32. The Kier molecular flexibility index (Phi) is 7.62. The molecule has 2 atom stereocenters. The molecule has 0 amide bonds. The van der Waals surface area contributed by atoms with Crippen molar-refractivity contribution in [1.29, 1.82) is 0 Å². The van der Waals surface area contributed by atoms with Crippen LogP contribution in [0.25, 0.3) is 10.9 Å². The quantitative estimate of drug-likeness (QED) is 0.329. The Hall–Kier alpha value is -3.61. The summed E-state index contributed by atoms with van der Waals surface area (Å²) in [5.74, 6) is 1.41. The Labute approximate surface area is 199 Å². The Morgan fingerprint density at radius 3 is 2.44 bits per heavy atom. The molecule has 0 aliphatic heterocycles. The van der Waals surface area contributed by atoms with Gasteiger partial charge >= 0.3 is 0 Å². The molecule has 1 aromatic heterocycles. The van der Waals surface area contributed by atoms with E-state index in [1.807, 2.05) is 60.7 Å². The van der Waals surface area contributed by atoms with Gasteiger partial charge in [0.2, 0.25) is 5.56 Å². The van der Waals surface area contributed by atoms with Crippen molar-refractivity contribution >= 4 is 10.9 Å². The second-order valence-corrected chi connectivity index (χ2v) is 8.42. The van der Waals surface area contributed by atoms with E-state index in [0.29, 0.717) is 24.4 Å². The lowest BCUT2D eigenvalue weighted by Gasteiger charge is -2.20. The number of hydrogen-bond acceptors (Lipinski definition) is 5. The number of pyridine rings is 1. The van der Waals surface area contributed by atoms with Gasteiger partial charge in [0, 0.05) is 24.0 Å². The van der Waals surface area contributed by atoms with Crippen LogP contribution < -0.4 is 20.3 Å². The largest absolute Gasteiger partial charge is 0.497 e. The number of benzene rings is 3. The van der Waals surface area contributed by atoms with E-state index < -0.39 is 6.10 Å². The van der Waals surface area contributed by atoms with Crippen LogP contribution in [0.15, 0.2) is 83.7 Å². The molecule has 6 nitrogen and oxygen atoms in total. The molecule has 176 valence electrons. The fourth-order valence-corrected chi connectivity index (χ4v) is 4.00. The van der Waals surface area contributed by atoms with Gasteiger partial charge in [-0.05, 0) is 54.3 Å². The number of nitrogens with one attached hydrogen (secondary N) is 2. The van der Waals surface area contributed by atoms with Crippen LogP contribution in [0, 0.1) is 0 Å². The van der Waals surface area contributed by atoms with E-state index in [1.165, 1.54) is 11.6 Å². The van der Waals surface area contributed by atoms with E-state index in [1.54, 1.807) is 19.2 Å². The summed E-state index contributed by atoms with van der Waals surface area (Å²) < 4.78 is 11.2. The number of fused-ring (bicyclic) bond motifs is 1. The van der Waals surface area contributed by atoms with Crippen molar-refractivity contribution < 1.29 is 14.6 Å². The van der Waals surface area contributed by atoms with Crippen LogP contribution in [0.1, 0.15) is 29.7 Å². The third kappa shape index (κ3) is 5.84. The topological polar surface area (TPSA) is 83.6 Å². The highest BCUT2D eigenvalue weighted by Crippen LogP contribution is 2.30. The molecule has 0 aliphatic carbocycles. The molecule has 4 aromatic rings. The van der Waals surface area contributed by atoms with Crippen LogP contribution in [0.4, 0.5) is 0 Å². The fraction of sp³-hybridized carbons (Fsp3) is 0.250. The molecule has 34 heavy (non-hydrogen) atoms. The first-order chi connectivity index (χ1) is 16.5. The monoisotopic (exact) mass is 458 g/mol. The molecule has 4 rings (SSSR count). The number of methoxy groups -OCH3 is 1. The average Bonchev–Trinajstić information content (AvgIpc) is 2.87. The first-order valence-electron chi connectivity index (χ1n) is 11.4. The highest BCUT2D eigenvalue weighted by Gasteiger charge is 2.16. The number of aromatic nitrogens is 1. The minimum atomic E-state index is -0.741. The number of aliphatic hydroxyl groups is 1. The smallest absolute Gasteiger partial charge is 0.248 e. The predicted molar refractivity (Wildman–Crippen MR) is 134 cm³/mol. The van der Waals surface area contributed by atoms with Crippen LogP contribution in [0.5, 0.6) is 11.5 Å². The van der Waals surface area contributed by atoms with E-state index in [0.717, 1.165) is 28.7 Å². The van der Waals surface area contributed by atoms with Crippen molar-refractivity contribution in [2.75, 3.05) is 13.7 Å². The van der Waals surface area contributed by atoms with Crippen LogP contribution in [-0.2, 0) is 13.0 Å². The molecule has 1 unspecified atom stereocenters. The minimum absolute atomic E-state index is 0.169. The number of aromatic amines is 1. The summed E-state index contributed by atoms with van der Waals surface area (Å²) in [6.07, 6.45) is 0.0896. The maximum atomic E-state index is 12.0. The summed E-state index contributed by atoms with van der Waals surface area (Å²) >= 11 is 0. The van der Waals surface area contributed by atoms with Crippen LogP contribution >= 0.6 is 0 Å². The van der Waals surface area contributed by atoms with Crippen LogP contribution in [0.2, 0.25) is 0 Å². The van der Waals surface area contributed by atoms with E-state index in [-0.39, 0.29) is 11.6 Å². The zero-order valence-corrected chi connectivity index (χ0v) is 19.5. The standard InChI is InChI=1S/C28H30N2O4/c1-19(16-20-8-10-22(33-2)11-9-20)29-17-25(31)23-12-14-26(28-24(23)13-15-27(32)30-28)34-18-21-6-4-3-5-7-21/h3-15,19,25,29,31H,16-18H2,1-2H3,(H,30,32)/t19?,25-/m1/s1. The van der Waals surface area contributed by atoms with Crippen molar-refractivity contribution in [3.05, 3.63) is 106 Å². The van der Waals surface area contributed by atoms with Gasteiger partial charge in [0.25, 0.3) is 0 Å². The van der Waals surface area contributed by atoms with Gasteiger partial charge in [-0.25, -0.2) is 0 Å². The van der Waals surface area contributed by atoms with Crippen LogP contribution in [0.3, 0.4) is 0 Å². The van der Waals surface area contributed by atoms with Crippen molar-refractivity contribution in [1.82, 2.24) is 10.3 Å². The first kappa shape index (κ1) is 23.5. The van der Waals surface area contributed by atoms with Gasteiger partial charge in [-0.2, -0.15) is 0 Å². The van der Waals surface area contributed by atoms with Gasteiger partial charge in [0.05, 0.1) is 18.7 Å². The Morgan fingerprint density at radius 2 is 1.71 bits per heavy atom. The number of H-pyrrole nitrogens is 1. The lowest BCUT2D eigenvalue weighted by atomic mass is 10.0. The van der Waals surface area contributed by atoms with Crippen molar-refractivity contribution in [2.24, 2.45) is 0 Å². The highest BCUT2D eigenvalue weighted by atomic mass is 16.5. The molecular formula is C28H30N2O4. The molecule has 0 saturated heterocycles. The first-order valence-corrected chi connectivity index (χ1v) is 11.4. The molecule has 6 heteroatoms. The lowest BCUT2D eigenvalue weighted by molar-refractivity contribution is 0.172. The summed E-state index contributed by atoms with van der Waals surface area (Å²) in [6, 6.07) is 24.9. The SMILES string of the molecule is COc1ccc(CC(C)NC[C@@H](O)c2ccc(OCc3ccccc3)c3[nH]c(=O)ccc23)cc1. The molecule has 3 N–H and O–H groups in total. The normalized spacial score (nSPS) is 12.9. The van der Waals surface area contributed by atoms with Crippen LogP contribution in [-0.4, -0.2) is 29.8 Å². The van der Waals surface area contributed by atoms with E-state index >= 15 is 0 Å². The van der Waals surface area contributed by atoms with E-state index in [2.05, 4.69) is 17.2 Å². The third-order valence-electron chi connectivity index (χ3n) is 5.85. The van der Waals surface area contributed by atoms with Crippen molar-refractivity contribution in [3.63, 3.8) is 0 Å². The molecule has 0 aliphatic rings. The third-order valence-corrected chi connectivity index (χ3v) is 5.85. The molecular weight excluding hydrogens is 428 g/mol. The van der Waals surface area contributed by atoms with E-state index in [9.17, 15) is 9.90 Å². The minimum Gasteiger partial charge on any atom is -0.497 e. The molecule has 0 fully saturated rings. The molecule has 0 bridgehead atoms. The highest BCUT2D eigenvalue weighted by molar-refractivity contribution is 5.87. The summed E-state index contributed by atoms with van der Waals surface area (Å²) in [4.78, 5) is 14.9. The number of hydrogen-bond donors (Lipinski definition) is 3. The predicted octanol–water partition coefficient (Wildman–Crippen LogP) is 4.37. The summed E-state index contributed by atoms with van der Waals surface area (Å²) in [5.41, 5.74) is 3.34. The number of aliphatic hydroxyl groups excluding tert-OH is 1. The Morgan fingerprint density at radius 1 is 0.941 bits per heavy atom. The van der Waals surface area contributed by atoms with Crippen molar-refractivity contribution in [2.45, 2.75) is 32.1 Å². The second kappa shape index (κ2) is 11.0. The zero-order valence-electron chi connectivity index (χ0n) is 19.5. The molecule has 0 saturated carbocycles. The summed E-state index contributed by atoms with van der Waals surface area (Å²) in [6.45, 7) is 2.86. The van der Waals surface area contributed by atoms with E-state index in [4.69, 9.17) is 9.47 Å². The maximum absolute atomic E-state index is 12.0. The summed E-state index contributed by atoms with van der Waals surface area (Å²) in [7, 11) is 1.65. The molecule has 0 spiro atoms. The van der Waals surface area contributed by atoms with Gasteiger partial charge in [-0.3, -0.25) is 4.79 Å². The molecule has 1 heterocycles. The second-order valence-electron chi connectivity index (χ2n) is 8.42. The van der Waals surface area contributed by atoms with Crippen molar-refractivity contribution in [3.8, 4) is 11.5 Å². The van der Waals surface area contributed by atoms with Gasteiger partial charge < -0.3 is 24.9 Å². The maximum Gasteiger partial charge on any atom is 0.248 e. The number of ether oxygens (including phenoxy) is 2. The van der Waals surface area contributed by atoms with Gasteiger partial charge in [0.1, 0.15) is 18.1 Å². The Bertz CT molecular complexity index is 1270. The molecule has 0 radical (unpaired) electrons. The van der Waals surface area contributed by atoms with Gasteiger partial charge in [-0.1, -0.05) is 48.5 Å². The molecule has 3 aromatic carbocycles. The average molecular weight is 459 g/mol. The van der Waals surface area contributed by atoms with Gasteiger partial charge in [-0.15, -0.1) is 0 Å².